The van der Waals surface area contributed by atoms with Crippen molar-refractivity contribution in [1.82, 2.24) is 0 Å². The minimum absolute atomic E-state index is 0.984. The number of ether oxygens (including phenoxy) is 1. The fourth-order valence-electron chi connectivity index (χ4n) is 2.33. The molecule has 0 saturated heterocycles. The number of aryl methyl sites for hydroxylation is 2. The molecule has 1 heterocycles. The molecule has 0 unspecified atom stereocenters. The molecule has 78 valence electrons. The van der Waals surface area contributed by atoms with E-state index in [9.17, 15) is 0 Å². The summed E-state index contributed by atoms with van der Waals surface area (Å²) in [6, 6.07) is 12.6. The molecule has 0 amide bonds. The van der Waals surface area contributed by atoms with E-state index < -0.39 is 0 Å². The highest BCUT2D eigenvalue weighted by Crippen LogP contribution is 2.23. The van der Waals surface area contributed by atoms with E-state index in [-0.39, 0.29) is 0 Å². The van der Waals surface area contributed by atoms with E-state index >= 15 is 0 Å². The monoisotopic (exact) mass is 208 g/mol. The fourth-order valence-corrected chi connectivity index (χ4v) is 2.33. The maximum absolute atomic E-state index is 5.94. The van der Waals surface area contributed by atoms with Crippen molar-refractivity contribution in [2.75, 3.05) is 0 Å². The van der Waals surface area contributed by atoms with Gasteiger partial charge in [-0.3, -0.25) is 0 Å². The maximum atomic E-state index is 5.94. The van der Waals surface area contributed by atoms with Crippen LogP contribution < -0.4 is 15.7 Å². The molecule has 1 nitrogen and oxygen atoms in total. The lowest BCUT2D eigenvalue weighted by atomic mass is 9.60. The Morgan fingerprint density at radius 2 is 1.81 bits per heavy atom. The largest absolute Gasteiger partial charge is 0.458 e. The second-order valence-corrected chi connectivity index (χ2v) is 4.45. The summed E-state index contributed by atoms with van der Waals surface area (Å²) >= 11 is 0. The second kappa shape index (κ2) is 3.41. The van der Waals surface area contributed by atoms with Crippen LogP contribution in [0.15, 0.2) is 36.4 Å². The lowest BCUT2D eigenvalue weighted by Crippen LogP contribution is -2.35. The first-order valence-corrected chi connectivity index (χ1v) is 5.60. The van der Waals surface area contributed by atoms with Crippen molar-refractivity contribution in [2.24, 2.45) is 0 Å². The van der Waals surface area contributed by atoms with Crippen molar-refractivity contribution in [1.29, 1.82) is 0 Å². The van der Waals surface area contributed by atoms with Gasteiger partial charge in [0.1, 0.15) is 11.5 Å². The number of para-hydroxylation sites is 1. The summed E-state index contributed by atoms with van der Waals surface area (Å²) in [5.41, 5.74) is 5.19. The molecule has 16 heavy (non-hydrogen) atoms. The van der Waals surface area contributed by atoms with Gasteiger partial charge in [0, 0.05) is 0 Å². The average molecular weight is 208 g/mol. The molecule has 1 aliphatic rings. The van der Waals surface area contributed by atoms with Crippen LogP contribution >= 0.6 is 0 Å². The van der Waals surface area contributed by atoms with Gasteiger partial charge in [0.15, 0.2) is 0 Å². The van der Waals surface area contributed by atoms with Crippen LogP contribution in [0.3, 0.4) is 0 Å². The molecule has 0 N–H and O–H groups in total. The van der Waals surface area contributed by atoms with Gasteiger partial charge in [-0.15, -0.1) is 0 Å². The summed E-state index contributed by atoms with van der Waals surface area (Å²) in [5, 5.41) is 0. The zero-order valence-corrected chi connectivity index (χ0v) is 9.58. The molecule has 2 aromatic carbocycles. The average Bonchev–Trinajstić information content (AvgIpc) is 2.27. The molecule has 2 heteroatoms. The lowest BCUT2D eigenvalue weighted by Gasteiger charge is -2.21. The molecular weight excluding hydrogens is 195 g/mol. The third-order valence-electron chi connectivity index (χ3n) is 3.14. The van der Waals surface area contributed by atoms with Crippen molar-refractivity contribution in [2.45, 2.75) is 13.8 Å². The Labute approximate surface area is 96.3 Å². The van der Waals surface area contributed by atoms with Crippen molar-refractivity contribution in [3.8, 4) is 11.5 Å². The molecule has 0 fully saturated rings. The zero-order chi connectivity index (χ0) is 11.1. The number of hydrogen-bond acceptors (Lipinski definition) is 1. The van der Waals surface area contributed by atoms with Crippen molar-refractivity contribution >= 4 is 18.2 Å². The highest BCUT2D eigenvalue weighted by molar-refractivity contribution is 6.70. The van der Waals surface area contributed by atoms with E-state index in [0.717, 1.165) is 18.8 Å². The molecular formula is C14H13BO. The Morgan fingerprint density at radius 1 is 1.00 bits per heavy atom. The summed E-state index contributed by atoms with van der Waals surface area (Å²) in [7, 11) is 0.984. The number of benzene rings is 2. The standard InChI is InChI=1S/C14H13BO/c1-9-7-10(2)14-13(8-9)16-12-6-4-3-5-11(12)15-14/h3-8,15H,1-2H3. The van der Waals surface area contributed by atoms with Crippen LogP contribution in [0.25, 0.3) is 0 Å². The predicted octanol–water partition coefficient (Wildman–Crippen LogP) is 1.80. The van der Waals surface area contributed by atoms with Gasteiger partial charge in [-0.05, 0) is 42.5 Å². The highest BCUT2D eigenvalue weighted by Gasteiger charge is 2.19. The summed E-state index contributed by atoms with van der Waals surface area (Å²) in [6.07, 6.45) is 0. The van der Waals surface area contributed by atoms with E-state index in [1.165, 1.54) is 22.1 Å². The van der Waals surface area contributed by atoms with Gasteiger partial charge in [-0.2, -0.15) is 0 Å². The van der Waals surface area contributed by atoms with Crippen molar-refractivity contribution < 1.29 is 4.74 Å². The lowest BCUT2D eigenvalue weighted by molar-refractivity contribution is 0.487. The quantitative estimate of drug-likeness (QED) is 0.512. The van der Waals surface area contributed by atoms with Crippen LogP contribution in [0.2, 0.25) is 0 Å². The molecule has 0 radical (unpaired) electrons. The third-order valence-corrected chi connectivity index (χ3v) is 3.14. The number of hydrogen-bond donors (Lipinski definition) is 0. The molecule has 0 saturated carbocycles. The van der Waals surface area contributed by atoms with E-state index in [1.54, 1.807) is 0 Å². The zero-order valence-electron chi connectivity index (χ0n) is 9.58. The Kier molecular flexibility index (Phi) is 2.03. The van der Waals surface area contributed by atoms with Crippen LogP contribution in [-0.2, 0) is 0 Å². The summed E-state index contributed by atoms with van der Waals surface area (Å²) < 4.78 is 5.94. The summed E-state index contributed by atoms with van der Waals surface area (Å²) in [4.78, 5) is 0. The topological polar surface area (TPSA) is 9.23 Å². The van der Waals surface area contributed by atoms with Gasteiger partial charge in [0.05, 0.1) is 0 Å². The first-order chi connectivity index (χ1) is 7.74. The normalized spacial score (nSPS) is 12.1. The van der Waals surface area contributed by atoms with Crippen molar-refractivity contribution in [3.63, 3.8) is 0 Å². The Bertz CT molecular complexity index is 561. The predicted molar refractivity (Wildman–Crippen MR) is 68.8 cm³/mol. The van der Waals surface area contributed by atoms with E-state index in [4.69, 9.17) is 4.74 Å². The molecule has 0 atom stereocenters. The molecule has 0 spiro atoms. The van der Waals surface area contributed by atoms with Crippen LogP contribution in [0.1, 0.15) is 11.1 Å². The summed E-state index contributed by atoms with van der Waals surface area (Å²) in [5.74, 6) is 2.02. The van der Waals surface area contributed by atoms with Gasteiger partial charge in [-0.25, -0.2) is 0 Å². The third kappa shape index (κ3) is 1.42. The SMILES string of the molecule is Cc1cc(C)c2c(c1)Oc1ccccc1B2. The van der Waals surface area contributed by atoms with Crippen molar-refractivity contribution in [3.05, 3.63) is 47.5 Å². The Morgan fingerprint density at radius 3 is 2.69 bits per heavy atom. The fraction of sp³-hybridized carbons (Fsp3) is 0.143. The van der Waals surface area contributed by atoms with Gasteiger partial charge in [0.25, 0.3) is 0 Å². The smallest absolute Gasteiger partial charge is 0.202 e. The molecule has 1 aliphatic heterocycles. The molecule has 0 bridgehead atoms. The van der Waals surface area contributed by atoms with E-state index in [1.807, 2.05) is 12.1 Å². The molecule has 0 aromatic heterocycles. The van der Waals surface area contributed by atoms with Crippen LogP contribution in [0.4, 0.5) is 0 Å². The highest BCUT2D eigenvalue weighted by atomic mass is 16.5. The van der Waals surface area contributed by atoms with Gasteiger partial charge < -0.3 is 4.74 Å². The number of fused-ring (bicyclic) bond motifs is 2. The molecule has 2 aromatic rings. The first kappa shape index (κ1) is 9.53. The summed E-state index contributed by atoms with van der Waals surface area (Å²) in [6.45, 7) is 4.26. The first-order valence-electron chi connectivity index (χ1n) is 5.60. The van der Waals surface area contributed by atoms with Crippen LogP contribution in [0.5, 0.6) is 11.5 Å². The van der Waals surface area contributed by atoms with E-state index in [0.29, 0.717) is 0 Å². The second-order valence-electron chi connectivity index (χ2n) is 4.45. The minimum atomic E-state index is 0.984. The Hall–Kier alpha value is -1.70. The minimum Gasteiger partial charge on any atom is -0.458 e. The molecule has 0 aliphatic carbocycles. The maximum Gasteiger partial charge on any atom is 0.202 e. The number of rotatable bonds is 0. The van der Waals surface area contributed by atoms with E-state index in [2.05, 4.69) is 38.1 Å². The van der Waals surface area contributed by atoms with Gasteiger partial charge in [0.2, 0.25) is 7.28 Å². The van der Waals surface area contributed by atoms with Gasteiger partial charge >= 0.3 is 0 Å². The Balaban J connectivity index is 2.15. The van der Waals surface area contributed by atoms with Crippen LogP contribution in [0, 0.1) is 13.8 Å². The van der Waals surface area contributed by atoms with Gasteiger partial charge in [-0.1, -0.05) is 29.8 Å². The van der Waals surface area contributed by atoms with Crippen LogP contribution in [-0.4, -0.2) is 7.28 Å². The molecule has 3 rings (SSSR count).